The molecular weight excluding hydrogens is 396 g/mol. The van der Waals surface area contributed by atoms with Gasteiger partial charge >= 0.3 is 0 Å². The van der Waals surface area contributed by atoms with Crippen molar-refractivity contribution in [3.63, 3.8) is 0 Å². The zero-order valence-corrected chi connectivity index (χ0v) is 18.4. The quantitative estimate of drug-likeness (QED) is 0.665. The van der Waals surface area contributed by atoms with Crippen molar-refractivity contribution >= 4 is 34.7 Å². The minimum atomic E-state index is -0.331. The third kappa shape index (κ3) is 3.98. The number of ether oxygens (including phenoxy) is 2. The van der Waals surface area contributed by atoms with Gasteiger partial charge in [0.1, 0.15) is 0 Å². The molecule has 0 saturated heterocycles. The monoisotopic (exact) mass is 422 g/mol. The highest BCUT2D eigenvalue weighted by Crippen LogP contribution is 2.43. The maximum Gasteiger partial charge on any atom is 0.180 e. The molecule has 1 aromatic rings. The molecule has 1 atom stereocenters. The first-order valence-corrected chi connectivity index (χ1v) is 10.6. The van der Waals surface area contributed by atoms with E-state index in [-0.39, 0.29) is 17.9 Å². The summed E-state index contributed by atoms with van der Waals surface area (Å²) in [6.07, 6.45) is 2.24. The number of thiocarbonyl (C=S) groups is 1. The lowest BCUT2D eigenvalue weighted by Gasteiger charge is -2.40. The van der Waals surface area contributed by atoms with E-state index in [1.807, 2.05) is 44.7 Å². The molecule has 152 valence electrons. The number of Topliss-reactive ketones (excluding diaryl/α,β-unsaturated/α-hetero) is 1. The summed E-state index contributed by atoms with van der Waals surface area (Å²) >= 11 is 12.2. The van der Waals surface area contributed by atoms with E-state index in [9.17, 15) is 4.79 Å². The summed E-state index contributed by atoms with van der Waals surface area (Å²) in [4.78, 5) is 14.9. The molecule has 1 aromatic carbocycles. The third-order valence-electron chi connectivity index (χ3n) is 4.89. The highest BCUT2D eigenvalue weighted by atomic mass is 35.5. The van der Waals surface area contributed by atoms with Gasteiger partial charge in [-0.3, -0.25) is 4.79 Å². The van der Waals surface area contributed by atoms with Crippen LogP contribution in [-0.2, 0) is 4.79 Å². The Morgan fingerprint density at radius 2 is 2.07 bits per heavy atom. The van der Waals surface area contributed by atoms with Gasteiger partial charge in [0.2, 0.25) is 0 Å². The maximum absolute atomic E-state index is 12.8. The van der Waals surface area contributed by atoms with Gasteiger partial charge in [-0.25, -0.2) is 0 Å². The minimum Gasteiger partial charge on any atom is -0.490 e. The third-order valence-corrected chi connectivity index (χ3v) is 5.51. The van der Waals surface area contributed by atoms with E-state index >= 15 is 0 Å². The van der Waals surface area contributed by atoms with Crippen LogP contribution in [0.25, 0.3) is 0 Å². The molecule has 0 amide bonds. The van der Waals surface area contributed by atoms with Gasteiger partial charge in [-0.1, -0.05) is 11.6 Å². The number of hydrogen-bond acceptors (Lipinski definition) is 4. The Labute approximate surface area is 177 Å². The number of benzene rings is 1. The Morgan fingerprint density at radius 3 is 2.71 bits per heavy atom. The first-order chi connectivity index (χ1) is 13.4. The van der Waals surface area contributed by atoms with Gasteiger partial charge in [-0.15, -0.1) is 0 Å². The molecular formula is C21H27ClN2O3S. The number of halogens is 1. The summed E-state index contributed by atoms with van der Waals surface area (Å²) in [5.74, 6) is 1.27. The van der Waals surface area contributed by atoms with Crippen molar-refractivity contribution in [1.82, 2.24) is 10.2 Å². The number of allylic oxidation sites excluding steroid dienone is 1. The summed E-state index contributed by atoms with van der Waals surface area (Å²) in [5.41, 5.74) is 2.67. The average Bonchev–Trinajstić information content (AvgIpc) is 2.63. The fourth-order valence-electron chi connectivity index (χ4n) is 3.80. The van der Waals surface area contributed by atoms with E-state index in [1.165, 1.54) is 0 Å². The van der Waals surface area contributed by atoms with Crippen molar-refractivity contribution in [2.24, 2.45) is 0 Å². The first-order valence-electron chi connectivity index (χ1n) is 9.84. The predicted octanol–water partition coefficient (Wildman–Crippen LogP) is 4.78. The van der Waals surface area contributed by atoms with E-state index < -0.39 is 0 Å². The lowest BCUT2D eigenvalue weighted by atomic mass is 9.84. The number of ketones is 1. The van der Waals surface area contributed by atoms with Crippen LogP contribution in [0.15, 0.2) is 23.4 Å². The summed E-state index contributed by atoms with van der Waals surface area (Å²) < 4.78 is 11.7. The van der Waals surface area contributed by atoms with Gasteiger partial charge in [0, 0.05) is 24.2 Å². The van der Waals surface area contributed by atoms with Gasteiger partial charge < -0.3 is 19.7 Å². The Balaban J connectivity index is 2.11. The molecule has 0 aromatic heterocycles. The Morgan fingerprint density at radius 1 is 1.32 bits per heavy atom. The highest BCUT2D eigenvalue weighted by Gasteiger charge is 2.37. The summed E-state index contributed by atoms with van der Waals surface area (Å²) in [6.45, 7) is 9.06. The van der Waals surface area contributed by atoms with Crippen LogP contribution in [0.1, 0.15) is 58.6 Å². The standard InChI is InChI=1S/C21H27ClN2O3S/c1-5-24-15-8-7-9-16(25)18(15)19(23-21(24)28)13-10-14(22)20(27-12(3)4)17(11-13)26-6-2/h10-12,19H,5-9H2,1-4H3,(H,23,28). The lowest BCUT2D eigenvalue weighted by molar-refractivity contribution is -0.116. The van der Waals surface area contributed by atoms with Gasteiger partial charge in [-0.2, -0.15) is 0 Å². The van der Waals surface area contributed by atoms with Crippen molar-refractivity contribution in [2.75, 3.05) is 13.2 Å². The van der Waals surface area contributed by atoms with E-state index in [4.69, 9.17) is 33.3 Å². The van der Waals surface area contributed by atoms with Crippen LogP contribution in [0.3, 0.4) is 0 Å². The smallest absolute Gasteiger partial charge is 0.180 e. The van der Waals surface area contributed by atoms with Crippen molar-refractivity contribution in [1.29, 1.82) is 0 Å². The van der Waals surface area contributed by atoms with Gasteiger partial charge in [0.05, 0.1) is 23.8 Å². The van der Waals surface area contributed by atoms with Crippen LogP contribution >= 0.6 is 23.8 Å². The van der Waals surface area contributed by atoms with E-state index in [0.29, 0.717) is 34.7 Å². The zero-order valence-electron chi connectivity index (χ0n) is 16.8. The second-order valence-corrected chi connectivity index (χ2v) is 7.99. The second kappa shape index (κ2) is 8.70. The maximum atomic E-state index is 12.8. The van der Waals surface area contributed by atoms with E-state index in [1.54, 1.807) is 0 Å². The topological polar surface area (TPSA) is 50.8 Å². The van der Waals surface area contributed by atoms with Gasteiger partial charge in [0.25, 0.3) is 0 Å². The van der Waals surface area contributed by atoms with Crippen LogP contribution < -0.4 is 14.8 Å². The largest absolute Gasteiger partial charge is 0.490 e. The molecule has 0 spiro atoms. The van der Waals surface area contributed by atoms with Crippen molar-refractivity contribution < 1.29 is 14.3 Å². The number of carbonyl (C=O) groups is 1. The summed E-state index contributed by atoms with van der Waals surface area (Å²) in [5, 5.41) is 4.44. The molecule has 0 radical (unpaired) electrons. The van der Waals surface area contributed by atoms with E-state index in [2.05, 4.69) is 5.32 Å². The number of rotatable bonds is 6. The van der Waals surface area contributed by atoms with Crippen LogP contribution in [0.2, 0.25) is 5.02 Å². The van der Waals surface area contributed by atoms with Gasteiger partial charge in [-0.05, 0) is 70.5 Å². The van der Waals surface area contributed by atoms with Crippen LogP contribution in [0, 0.1) is 0 Å². The molecule has 1 unspecified atom stereocenters. The average molecular weight is 423 g/mol. The normalized spacial score (nSPS) is 19.6. The Kier molecular flexibility index (Phi) is 6.50. The predicted molar refractivity (Wildman–Crippen MR) is 115 cm³/mol. The fraction of sp³-hybridized carbons (Fsp3) is 0.524. The SMILES string of the molecule is CCOc1cc(C2NC(=S)N(CC)C3=C2C(=O)CCC3)cc(Cl)c1OC(C)C. The lowest BCUT2D eigenvalue weighted by Crippen LogP contribution is -2.49. The molecule has 2 aliphatic rings. The summed E-state index contributed by atoms with van der Waals surface area (Å²) in [6, 6.07) is 3.42. The molecule has 28 heavy (non-hydrogen) atoms. The number of nitrogens with zero attached hydrogens (tertiary/aromatic N) is 1. The molecule has 7 heteroatoms. The Bertz CT molecular complexity index is 822. The molecule has 1 heterocycles. The molecule has 0 fully saturated rings. The van der Waals surface area contributed by atoms with Crippen LogP contribution in [0.5, 0.6) is 11.5 Å². The molecule has 0 bridgehead atoms. The molecule has 5 nitrogen and oxygen atoms in total. The molecule has 1 aliphatic carbocycles. The number of nitrogens with one attached hydrogen (secondary N) is 1. The minimum absolute atomic E-state index is 0.0321. The summed E-state index contributed by atoms with van der Waals surface area (Å²) in [7, 11) is 0. The van der Waals surface area contributed by atoms with Crippen LogP contribution in [0.4, 0.5) is 0 Å². The fourth-order valence-corrected chi connectivity index (χ4v) is 4.42. The number of hydrogen-bond donors (Lipinski definition) is 1. The second-order valence-electron chi connectivity index (χ2n) is 7.19. The molecule has 1 N–H and O–H groups in total. The number of carbonyl (C=O) groups excluding carboxylic acids is 1. The van der Waals surface area contributed by atoms with Crippen LogP contribution in [-0.4, -0.2) is 35.1 Å². The van der Waals surface area contributed by atoms with Crippen molar-refractivity contribution in [2.45, 2.75) is 59.1 Å². The zero-order chi connectivity index (χ0) is 20.4. The molecule has 3 rings (SSSR count). The van der Waals surface area contributed by atoms with E-state index in [0.717, 1.165) is 36.2 Å². The van der Waals surface area contributed by atoms with Crippen molar-refractivity contribution in [3.8, 4) is 11.5 Å². The molecule has 0 saturated carbocycles. The molecule has 1 aliphatic heterocycles. The van der Waals surface area contributed by atoms with Crippen molar-refractivity contribution in [3.05, 3.63) is 34.0 Å². The van der Waals surface area contributed by atoms with Gasteiger partial charge in [0.15, 0.2) is 22.4 Å². The first kappa shape index (κ1) is 20.9. The Hall–Kier alpha value is -1.79. The highest BCUT2D eigenvalue weighted by molar-refractivity contribution is 7.80.